The van der Waals surface area contributed by atoms with E-state index < -0.39 is 0 Å². The molecule has 1 aliphatic carbocycles. The van der Waals surface area contributed by atoms with Gasteiger partial charge in [-0.3, -0.25) is 0 Å². The largest absolute Gasteiger partial charge is 0.497 e. The summed E-state index contributed by atoms with van der Waals surface area (Å²) in [5.74, 6) is 2.56. The van der Waals surface area contributed by atoms with E-state index in [4.69, 9.17) is 4.74 Å². The number of nitrogens with one attached hydrogen (secondary N) is 1. The minimum atomic E-state index is 0.821. The number of imidazole rings is 1. The fraction of sp³-hybridized carbons (Fsp3) is 0.294. The Kier molecular flexibility index (Phi) is 3.18. The first-order chi connectivity index (χ1) is 10.8. The van der Waals surface area contributed by atoms with Crippen LogP contribution in [0.5, 0.6) is 5.75 Å². The highest BCUT2D eigenvalue weighted by Crippen LogP contribution is 2.29. The van der Waals surface area contributed by atoms with Crippen LogP contribution in [0.1, 0.15) is 12.8 Å². The lowest BCUT2D eigenvalue weighted by molar-refractivity contribution is 0.415. The summed E-state index contributed by atoms with van der Waals surface area (Å²) in [6.07, 6.45) is 4.52. The van der Waals surface area contributed by atoms with Crippen molar-refractivity contribution in [2.24, 2.45) is 5.92 Å². The first kappa shape index (κ1) is 13.1. The van der Waals surface area contributed by atoms with E-state index in [1.165, 1.54) is 12.8 Å². The topological polar surface area (TPSA) is 51.5 Å². The van der Waals surface area contributed by atoms with Gasteiger partial charge in [-0.05, 0) is 55.2 Å². The Bertz CT molecular complexity index is 790. The maximum Gasteiger partial charge on any atom is 0.154 e. The van der Waals surface area contributed by atoms with E-state index in [9.17, 15) is 0 Å². The van der Waals surface area contributed by atoms with Gasteiger partial charge in [0.2, 0.25) is 0 Å². The number of ether oxygens (including phenoxy) is 1. The van der Waals surface area contributed by atoms with Crippen molar-refractivity contribution < 1.29 is 4.74 Å². The van der Waals surface area contributed by atoms with E-state index >= 15 is 0 Å². The molecule has 3 aromatic rings. The Labute approximate surface area is 128 Å². The molecule has 5 nitrogen and oxygen atoms in total. The van der Waals surface area contributed by atoms with Gasteiger partial charge in [0.05, 0.1) is 19.0 Å². The molecule has 0 saturated heterocycles. The fourth-order valence-electron chi connectivity index (χ4n) is 2.50. The standard InChI is InChI=1S/C17H18N4O/c1-22-14-6-4-13(5-7-14)15-11-19-17-9-8-16(20-21(15)17)18-10-12-2-3-12/h4-9,11-12H,2-3,10H2,1H3,(H,18,20). The Balaban J connectivity index is 1.67. The van der Waals surface area contributed by atoms with E-state index in [1.54, 1.807) is 7.11 Å². The zero-order valence-corrected chi connectivity index (χ0v) is 12.5. The minimum Gasteiger partial charge on any atom is -0.497 e. The summed E-state index contributed by atoms with van der Waals surface area (Å²) in [6, 6.07) is 11.9. The van der Waals surface area contributed by atoms with Crippen LogP contribution in [0.25, 0.3) is 16.9 Å². The quantitative estimate of drug-likeness (QED) is 0.785. The van der Waals surface area contributed by atoms with Crippen LogP contribution in [-0.4, -0.2) is 28.3 Å². The highest BCUT2D eigenvalue weighted by atomic mass is 16.5. The zero-order chi connectivity index (χ0) is 14.9. The Morgan fingerprint density at radius 2 is 2.00 bits per heavy atom. The van der Waals surface area contributed by atoms with E-state index in [0.717, 1.165) is 40.9 Å². The van der Waals surface area contributed by atoms with Gasteiger partial charge in [0.25, 0.3) is 0 Å². The number of methoxy groups -OCH3 is 1. The number of nitrogens with zero attached hydrogens (tertiary/aromatic N) is 3. The number of hydrogen-bond donors (Lipinski definition) is 1. The predicted molar refractivity (Wildman–Crippen MR) is 86.2 cm³/mol. The Hall–Kier alpha value is -2.56. The highest BCUT2D eigenvalue weighted by Gasteiger charge is 2.20. The molecule has 1 aliphatic rings. The maximum absolute atomic E-state index is 5.21. The molecule has 1 N–H and O–H groups in total. The number of aromatic nitrogens is 3. The van der Waals surface area contributed by atoms with Crippen molar-refractivity contribution in [1.29, 1.82) is 0 Å². The SMILES string of the molecule is COc1ccc(-c2cnc3ccc(NCC4CC4)nn23)cc1. The molecular weight excluding hydrogens is 276 g/mol. The fourth-order valence-corrected chi connectivity index (χ4v) is 2.50. The molecule has 0 amide bonds. The van der Waals surface area contributed by atoms with Gasteiger partial charge in [-0.2, -0.15) is 0 Å². The highest BCUT2D eigenvalue weighted by molar-refractivity contribution is 5.64. The van der Waals surface area contributed by atoms with Gasteiger partial charge in [-0.25, -0.2) is 9.50 Å². The molecule has 1 fully saturated rings. The van der Waals surface area contributed by atoms with Crippen molar-refractivity contribution >= 4 is 11.5 Å². The molecule has 0 unspecified atom stereocenters. The van der Waals surface area contributed by atoms with Gasteiger partial charge in [-0.1, -0.05) is 0 Å². The van der Waals surface area contributed by atoms with Crippen LogP contribution >= 0.6 is 0 Å². The van der Waals surface area contributed by atoms with E-state index in [2.05, 4.69) is 15.4 Å². The molecule has 0 bridgehead atoms. The van der Waals surface area contributed by atoms with Crippen molar-refractivity contribution in [2.45, 2.75) is 12.8 Å². The lowest BCUT2D eigenvalue weighted by atomic mass is 10.1. The first-order valence-electron chi connectivity index (χ1n) is 7.56. The van der Waals surface area contributed by atoms with Gasteiger partial charge >= 0.3 is 0 Å². The molecule has 22 heavy (non-hydrogen) atoms. The van der Waals surface area contributed by atoms with Gasteiger partial charge < -0.3 is 10.1 Å². The molecule has 0 atom stereocenters. The van der Waals surface area contributed by atoms with Crippen molar-refractivity contribution in [3.8, 4) is 17.0 Å². The average Bonchev–Trinajstić information content (AvgIpc) is 3.31. The second-order valence-corrected chi connectivity index (χ2v) is 5.68. The average molecular weight is 294 g/mol. The summed E-state index contributed by atoms with van der Waals surface area (Å²) in [5.41, 5.74) is 2.90. The summed E-state index contributed by atoms with van der Waals surface area (Å²) in [4.78, 5) is 4.43. The molecular formula is C17H18N4O. The molecule has 2 heterocycles. The van der Waals surface area contributed by atoms with Crippen molar-refractivity contribution in [3.05, 3.63) is 42.6 Å². The summed E-state index contributed by atoms with van der Waals surface area (Å²) in [5, 5.41) is 8.07. The Morgan fingerprint density at radius 1 is 1.18 bits per heavy atom. The lowest BCUT2D eigenvalue weighted by Crippen LogP contribution is -2.07. The van der Waals surface area contributed by atoms with Crippen LogP contribution in [0.3, 0.4) is 0 Å². The second-order valence-electron chi connectivity index (χ2n) is 5.68. The molecule has 0 aliphatic heterocycles. The Morgan fingerprint density at radius 3 is 2.73 bits per heavy atom. The summed E-state index contributed by atoms with van der Waals surface area (Å²) < 4.78 is 7.09. The molecule has 0 radical (unpaired) electrons. The van der Waals surface area contributed by atoms with Crippen LogP contribution < -0.4 is 10.1 Å². The van der Waals surface area contributed by atoms with E-state index in [1.807, 2.05) is 47.1 Å². The number of anilines is 1. The zero-order valence-electron chi connectivity index (χ0n) is 12.5. The van der Waals surface area contributed by atoms with Gasteiger partial charge in [0.15, 0.2) is 5.65 Å². The summed E-state index contributed by atoms with van der Waals surface area (Å²) in [6.45, 7) is 1.01. The molecule has 112 valence electrons. The first-order valence-corrected chi connectivity index (χ1v) is 7.56. The van der Waals surface area contributed by atoms with Crippen LogP contribution in [0.2, 0.25) is 0 Å². The molecule has 5 heteroatoms. The van der Waals surface area contributed by atoms with Crippen LogP contribution in [0.15, 0.2) is 42.6 Å². The molecule has 1 saturated carbocycles. The molecule has 4 rings (SSSR count). The lowest BCUT2D eigenvalue weighted by Gasteiger charge is -2.07. The van der Waals surface area contributed by atoms with Gasteiger partial charge in [0.1, 0.15) is 11.6 Å². The number of rotatable bonds is 5. The van der Waals surface area contributed by atoms with Crippen molar-refractivity contribution in [3.63, 3.8) is 0 Å². The van der Waals surface area contributed by atoms with E-state index in [-0.39, 0.29) is 0 Å². The summed E-state index contributed by atoms with van der Waals surface area (Å²) >= 11 is 0. The van der Waals surface area contributed by atoms with E-state index in [0.29, 0.717) is 0 Å². The monoisotopic (exact) mass is 294 g/mol. The van der Waals surface area contributed by atoms with Crippen molar-refractivity contribution in [1.82, 2.24) is 14.6 Å². The predicted octanol–water partition coefficient (Wildman–Crippen LogP) is 3.23. The summed E-state index contributed by atoms with van der Waals surface area (Å²) in [7, 11) is 1.67. The molecule has 1 aromatic carbocycles. The van der Waals surface area contributed by atoms with Crippen molar-refractivity contribution in [2.75, 3.05) is 19.0 Å². The molecule has 2 aromatic heterocycles. The second kappa shape index (κ2) is 5.33. The molecule has 0 spiro atoms. The van der Waals surface area contributed by atoms with Crippen LogP contribution in [-0.2, 0) is 0 Å². The van der Waals surface area contributed by atoms with Crippen LogP contribution in [0, 0.1) is 5.92 Å². The van der Waals surface area contributed by atoms with Crippen LogP contribution in [0.4, 0.5) is 5.82 Å². The third kappa shape index (κ3) is 2.50. The number of hydrogen-bond acceptors (Lipinski definition) is 4. The smallest absolute Gasteiger partial charge is 0.154 e. The normalized spacial score (nSPS) is 14.2. The number of benzene rings is 1. The maximum atomic E-state index is 5.21. The third-order valence-electron chi connectivity index (χ3n) is 4.02. The number of fused-ring (bicyclic) bond motifs is 1. The van der Waals surface area contributed by atoms with Gasteiger partial charge in [0, 0.05) is 12.1 Å². The third-order valence-corrected chi connectivity index (χ3v) is 4.02. The van der Waals surface area contributed by atoms with Gasteiger partial charge in [-0.15, -0.1) is 5.10 Å². The minimum absolute atomic E-state index is 0.821.